The van der Waals surface area contributed by atoms with Crippen LogP contribution in [-0.2, 0) is 6.42 Å². The minimum atomic E-state index is 0.0614. The summed E-state index contributed by atoms with van der Waals surface area (Å²) in [7, 11) is 0. The van der Waals surface area contributed by atoms with Crippen LogP contribution in [0.25, 0.3) is 0 Å². The zero-order valence-electron chi connectivity index (χ0n) is 13.9. The molecule has 0 saturated carbocycles. The molecule has 0 radical (unpaired) electrons. The molecule has 1 heteroatoms. The summed E-state index contributed by atoms with van der Waals surface area (Å²) in [5.41, 5.74) is 14.4. The molecular weight excluding hydrogens is 254 g/mol. The van der Waals surface area contributed by atoms with Crippen LogP contribution in [0.15, 0.2) is 36.4 Å². The summed E-state index contributed by atoms with van der Waals surface area (Å²) in [4.78, 5) is 0. The summed E-state index contributed by atoms with van der Waals surface area (Å²) in [5.74, 6) is 0.567. The van der Waals surface area contributed by atoms with Crippen LogP contribution in [-0.4, -0.2) is 0 Å². The number of nitrogens with two attached hydrogens (primary N) is 1. The Bertz CT molecular complexity index is 585. The smallest absolute Gasteiger partial charge is 0.0335 e. The predicted molar refractivity (Wildman–Crippen MR) is 91.8 cm³/mol. The van der Waals surface area contributed by atoms with Gasteiger partial charge in [-0.3, -0.25) is 0 Å². The molecule has 0 amide bonds. The Morgan fingerprint density at radius 3 is 1.81 bits per heavy atom. The molecule has 2 N–H and O–H groups in total. The molecule has 0 aliphatic carbocycles. The highest BCUT2D eigenvalue weighted by Gasteiger charge is 2.12. The molecule has 1 atom stereocenters. The van der Waals surface area contributed by atoms with Crippen molar-refractivity contribution >= 4 is 0 Å². The fourth-order valence-electron chi connectivity index (χ4n) is 3.00. The monoisotopic (exact) mass is 281 g/mol. The maximum Gasteiger partial charge on any atom is 0.0335 e. The maximum atomic E-state index is 6.43. The number of aryl methyl sites for hydroxylation is 3. The Hall–Kier alpha value is -1.60. The minimum Gasteiger partial charge on any atom is -0.324 e. The van der Waals surface area contributed by atoms with E-state index in [-0.39, 0.29) is 6.04 Å². The molecule has 0 fully saturated rings. The Labute approximate surface area is 129 Å². The zero-order valence-corrected chi connectivity index (χ0v) is 13.9. The molecule has 1 unspecified atom stereocenters. The standard InChI is InChI=1S/C20H27N/c1-13(2)17-6-8-18(9-7-17)20(21)12-19-15(4)10-14(3)11-16(19)5/h6-11,13,20H,12,21H2,1-5H3. The maximum absolute atomic E-state index is 6.43. The van der Waals surface area contributed by atoms with E-state index in [1.54, 1.807) is 0 Å². The van der Waals surface area contributed by atoms with E-state index in [2.05, 4.69) is 71.0 Å². The van der Waals surface area contributed by atoms with Crippen molar-refractivity contribution < 1.29 is 0 Å². The van der Waals surface area contributed by atoms with Crippen LogP contribution in [0.3, 0.4) is 0 Å². The van der Waals surface area contributed by atoms with Gasteiger partial charge < -0.3 is 5.73 Å². The molecule has 0 aromatic heterocycles. The van der Waals surface area contributed by atoms with Gasteiger partial charge in [-0.05, 0) is 60.9 Å². The molecule has 0 bridgehead atoms. The SMILES string of the molecule is Cc1cc(C)c(CC(N)c2ccc(C(C)C)cc2)c(C)c1. The van der Waals surface area contributed by atoms with E-state index in [1.807, 2.05) is 0 Å². The fourth-order valence-corrected chi connectivity index (χ4v) is 3.00. The van der Waals surface area contributed by atoms with Crippen LogP contribution >= 0.6 is 0 Å². The molecule has 0 aliphatic heterocycles. The predicted octanol–water partition coefficient (Wildman–Crippen LogP) is 4.98. The van der Waals surface area contributed by atoms with Crippen LogP contribution in [0.5, 0.6) is 0 Å². The van der Waals surface area contributed by atoms with E-state index in [1.165, 1.54) is 33.4 Å². The van der Waals surface area contributed by atoms with Gasteiger partial charge in [0.1, 0.15) is 0 Å². The first-order chi connectivity index (χ1) is 9.88. The molecule has 0 heterocycles. The molecule has 0 spiro atoms. The Morgan fingerprint density at radius 1 is 0.857 bits per heavy atom. The lowest BCUT2D eigenvalue weighted by Crippen LogP contribution is -2.15. The molecule has 2 aromatic rings. The summed E-state index contributed by atoms with van der Waals surface area (Å²) in [6, 6.07) is 13.3. The van der Waals surface area contributed by atoms with Crippen LogP contribution in [0.4, 0.5) is 0 Å². The second kappa shape index (κ2) is 6.44. The van der Waals surface area contributed by atoms with Crippen molar-refractivity contribution in [2.24, 2.45) is 5.73 Å². The molecule has 0 saturated heterocycles. The molecular formula is C20H27N. The molecule has 0 aliphatic rings. The van der Waals surface area contributed by atoms with Gasteiger partial charge in [-0.15, -0.1) is 0 Å². The average molecular weight is 281 g/mol. The summed E-state index contributed by atoms with van der Waals surface area (Å²) in [6.07, 6.45) is 0.902. The summed E-state index contributed by atoms with van der Waals surface area (Å²) in [6.45, 7) is 10.9. The van der Waals surface area contributed by atoms with Crippen molar-refractivity contribution in [3.05, 3.63) is 69.8 Å². The van der Waals surface area contributed by atoms with E-state index >= 15 is 0 Å². The zero-order chi connectivity index (χ0) is 15.6. The van der Waals surface area contributed by atoms with Crippen molar-refractivity contribution in [3.8, 4) is 0 Å². The third-order valence-corrected chi connectivity index (χ3v) is 4.30. The summed E-state index contributed by atoms with van der Waals surface area (Å²) < 4.78 is 0. The Balaban J connectivity index is 2.20. The van der Waals surface area contributed by atoms with E-state index in [0.29, 0.717) is 5.92 Å². The Morgan fingerprint density at radius 2 is 1.33 bits per heavy atom. The highest BCUT2D eigenvalue weighted by molar-refractivity contribution is 5.39. The van der Waals surface area contributed by atoms with E-state index < -0.39 is 0 Å². The molecule has 112 valence electrons. The molecule has 21 heavy (non-hydrogen) atoms. The first kappa shape index (κ1) is 15.8. The molecule has 2 aromatic carbocycles. The van der Waals surface area contributed by atoms with Gasteiger partial charge in [-0.2, -0.15) is 0 Å². The highest BCUT2D eigenvalue weighted by Crippen LogP contribution is 2.24. The third kappa shape index (κ3) is 3.74. The van der Waals surface area contributed by atoms with Crippen LogP contribution < -0.4 is 5.73 Å². The number of benzene rings is 2. The number of hydrogen-bond acceptors (Lipinski definition) is 1. The van der Waals surface area contributed by atoms with Crippen molar-refractivity contribution in [2.45, 2.75) is 53.0 Å². The van der Waals surface area contributed by atoms with Gasteiger partial charge in [0.05, 0.1) is 0 Å². The lowest BCUT2D eigenvalue weighted by molar-refractivity contribution is 0.714. The van der Waals surface area contributed by atoms with E-state index in [4.69, 9.17) is 5.73 Å². The quantitative estimate of drug-likeness (QED) is 0.840. The van der Waals surface area contributed by atoms with Gasteiger partial charge in [0.25, 0.3) is 0 Å². The van der Waals surface area contributed by atoms with Crippen molar-refractivity contribution in [1.82, 2.24) is 0 Å². The lowest BCUT2D eigenvalue weighted by atomic mass is 9.91. The van der Waals surface area contributed by atoms with Crippen LogP contribution in [0, 0.1) is 20.8 Å². The van der Waals surface area contributed by atoms with Gasteiger partial charge in [0.15, 0.2) is 0 Å². The summed E-state index contributed by atoms with van der Waals surface area (Å²) in [5, 5.41) is 0. The summed E-state index contributed by atoms with van der Waals surface area (Å²) >= 11 is 0. The largest absolute Gasteiger partial charge is 0.324 e. The normalized spacial score (nSPS) is 12.7. The van der Waals surface area contributed by atoms with Gasteiger partial charge in [-0.1, -0.05) is 55.8 Å². The van der Waals surface area contributed by atoms with E-state index in [9.17, 15) is 0 Å². The highest BCUT2D eigenvalue weighted by atomic mass is 14.6. The lowest BCUT2D eigenvalue weighted by Gasteiger charge is -2.17. The Kier molecular flexibility index (Phi) is 4.84. The van der Waals surface area contributed by atoms with Crippen molar-refractivity contribution in [1.29, 1.82) is 0 Å². The fraction of sp³-hybridized carbons (Fsp3) is 0.400. The van der Waals surface area contributed by atoms with Crippen molar-refractivity contribution in [2.75, 3.05) is 0 Å². The van der Waals surface area contributed by atoms with Gasteiger partial charge >= 0.3 is 0 Å². The van der Waals surface area contributed by atoms with Crippen LogP contribution in [0.2, 0.25) is 0 Å². The van der Waals surface area contributed by atoms with Crippen LogP contribution in [0.1, 0.15) is 59.2 Å². The first-order valence-corrected chi connectivity index (χ1v) is 7.80. The average Bonchev–Trinajstić information content (AvgIpc) is 2.42. The van der Waals surface area contributed by atoms with Gasteiger partial charge in [0, 0.05) is 6.04 Å². The minimum absolute atomic E-state index is 0.0614. The first-order valence-electron chi connectivity index (χ1n) is 7.80. The van der Waals surface area contributed by atoms with Crippen molar-refractivity contribution in [3.63, 3.8) is 0 Å². The third-order valence-electron chi connectivity index (χ3n) is 4.30. The second-order valence-corrected chi connectivity index (χ2v) is 6.51. The van der Waals surface area contributed by atoms with E-state index in [0.717, 1.165) is 6.42 Å². The topological polar surface area (TPSA) is 26.0 Å². The number of hydrogen-bond donors (Lipinski definition) is 1. The van der Waals surface area contributed by atoms with Gasteiger partial charge in [-0.25, -0.2) is 0 Å². The number of rotatable bonds is 4. The van der Waals surface area contributed by atoms with Gasteiger partial charge in [0.2, 0.25) is 0 Å². The molecule has 1 nitrogen and oxygen atoms in total. The second-order valence-electron chi connectivity index (χ2n) is 6.51. The molecule has 2 rings (SSSR count).